The Morgan fingerprint density at radius 2 is 2.18 bits per heavy atom. The summed E-state index contributed by atoms with van der Waals surface area (Å²) in [5, 5.41) is 16.0. The Hall–Kier alpha value is -3.40. The minimum atomic E-state index is -0.576. The van der Waals surface area contributed by atoms with Crippen molar-refractivity contribution >= 4 is 17.4 Å². The lowest BCUT2D eigenvalue weighted by molar-refractivity contribution is -0.384. The van der Waals surface area contributed by atoms with Crippen LogP contribution in [0.4, 0.5) is 20.6 Å². The number of halogens is 1. The number of anilines is 1. The molecule has 0 atom stereocenters. The van der Waals surface area contributed by atoms with Crippen LogP contribution in [0.1, 0.15) is 11.1 Å². The van der Waals surface area contributed by atoms with Crippen molar-refractivity contribution in [3.8, 4) is 11.5 Å². The number of urea groups is 1. The Morgan fingerprint density at radius 1 is 1.36 bits per heavy atom. The molecular weight excluding hydrogens is 373 g/mol. The Morgan fingerprint density at radius 3 is 2.93 bits per heavy atom. The van der Waals surface area contributed by atoms with E-state index in [1.165, 1.54) is 37.4 Å². The SMILES string of the molecule is COc1ccc([N+](=O)[O-])cc1NC(=O)NCCc1cc(F)cc2c1OCOC2. The fraction of sp³-hybridized carbons (Fsp3) is 0.278. The van der Waals surface area contributed by atoms with Crippen LogP contribution in [0.25, 0.3) is 0 Å². The lowest BCUT2D eigenvalue weighted by Crippen LogP contribution is -2.30. The summed E-state index contributed by atoms with van der Waals surface area (Å²) < 4.78 is 29.4. The number of non-ortho nitro benzene ring substituents is 1. The van der Waals surface area contributed by atoms with Crippen LogP contribution in [-0.4, -0.2) is 31.4 Å². The number of ether oxygens (including phenoxy) is 3. The molecule has 2 aromatic carbocycles. The molecule has 148 valence electrons. The van der Waals surface area contributed by atoms with Crippen molar-refractivity contribution < 1.29 is 28.3 Å². The largest absolute Gasteiger partial charge is 0.495 e. The number of nitrogens with zero attached hydrogens (tertiary/aromatic N) is 1. The van der Waals surface area contributed by atoms with E-state index in [4.69, 9.17) is 14.2 Å². The first kappa shape index (κ1) is 19.4. The minimum Gasteiger partial charge on any atom is -0.495 e. The van der Waals surface area contributed by atoms with Crippen LogP contribution in [0.2, 0.25) is 0 Å². The van der Waals surface area contributed by atoms with E-state index in [1.54, 1.807) is 0 Å². The summed E-state index contributed by atoms with van der Waals surface area (Å²) in [6, 6.07) is 6.01. The van der Waals surface area contributed by atoms with Gasteiger partial charge in [0.15, 0.2) is 6.79 Å². The molecule has 2 N–H and O–H groups in total. The second kappa shape index (κ2) is 8.53. The van der Waals surface area contributed by atoms with E-state index in [0.29, 0.717) is 23.3 Å². The van der Waals surface area contributed by atoms with Gasteiger partial charge in [0, 0.05) is 24.2 Å². The van der Waals surface area contributed by atoms with Gasteiger partial charge in [0.05, 0.1) is 24.3 Å². The number of amides is 2. The fourth-order valence-electron chi connectivity index (χ4n) is 2.83. The first-order valence-corrected chi connectivity index (χ1v) is 8.37. The van der Waals surface area contributed by atoms with Crippen LogP contribution in [-0.2, 0) is 17.8 Å². The number of nitro benzene ring substituents is 1. The fourth-order valence-corrected chi connectivity index (χ4v) is 2.83. The van der Waals surface area contributed by atoms with Crippen LogP contribution in [0, 0.1) is 15.9 Å². The van der Waals surface area contributed by atoms with Crippen LogP contribution in [0.5, 0.6) is 11.5 Å². The van der Waals surface area contributed by atoms with Gasteiger partial charge in [0.1, 0.15) is 17.3 Å². The number of nitrogens with one attached hydrogen (secondary N) is 2. The first-order chi connectivity index (χ1) is 13.5. The van der Waals surface area contributed by atoms with Gasteiger partial charge in [-0.3, -0.25) is 10.1 Å². The highest BCUT2D eigenvalue weighted by Gasteiger charge is 2.17. The molecule has 2 aromatic rings. The van der Waals surface area contributed by atoms with Gasteiger partial charge in [-0.15, -0.1) is 0 Å². The molecule has 10 heteroatoms. The third-order valence-electron chi connectivity index (χ3n) is 4.07. The van der Waals surface area contributed by atoms with Gasteiger partial charge >= 0.3 is 6.03 Å². The van der Waals surface area contributed by atoms with Crippen molar-refractivity contribution in [2.45, 2.75) is 13.0 Å². The molecule has 0 fully saturated rings. The number of hydrogen-bond acceptors (Lipinski definition) is 6. The number of carbonyl (C=O) groups is 1. The molecule has 0 saturated carbocycles. The predicted molar refractivity (Wildman–Crippen MR) is 97.1 cm³/mol. The zero-order chi connectivity index (χ0) is 20.1. The van der Waals surface area contributed by atoms with Crippen molar-refractivity contribution in [1.82, 2.24) is 5.32 Å². The molecule has 0 aromatic heterocycles. The van der Waals surface area contributed by atoms with Crippen LogP contribution in [0.3, 0.4) is 0 Å². The summed E-state index contributed by atoms with van der Waals surface area (Å²) in [4.78, 5) is 22.5. The van der Waals surface area contributed by atoms with E-state index < -0.39 is 16.8 Å². The molecule has 1 heterocycles. The topological polar surface area (TPSA) is 112 Å². The normalized spacial score (nSPS) is 12.5. The third kappa shape index (κ3) is 4.46. The molecular formula is C18H18FN3O6. The van der Waals surface area contributed by atoms with Gasteiger partial charge in [-0.05, 0) is 30.2 Å². The van der Waals surface area contributed by atoms with Gasteiger partial charge in [0.2, 0.25) is 0 Å². The van der Waals surface area contributed by atoms with Crippen molar-refractivity contribution in [2.75, 3.05) is 25.8 Å². The Kier molecular flexibility index (Phi) is 5.90. The highest BCUT2D eigenvalue weighted by Crippen LogP contribution is 2.30. The summed E-state index contributed by atoms with van der Waals surface area (Å²) in [7, 11) is 1.39. The van der Waals surface area contributed by atoms with E-state index in [0.717, 1.165) is 0 Å². The molecule has 0 spiro atoms. The van der Waals surface area contributed by atoms with E-state index in [-0.39, 0.29) is 37.1 Å². The molecule has 9 nitrogen and oxygen atoms in total. The summed E-state index contributed by atoms with van der Waals surface area (Å²) in [6.45, 7) is 0.551. The maximum atomic E-state index is 13.7. The maximum absolute atomic E-state index is 13.7. The Labute approximate surface area is 159 Å². The minimum absolute atomic E-state index is 0.0894. The number of fused-ring (bicyclic) bond motifs is 1. The van der Waals surface area contributed by atoms with Gasteiger partial charge in [0.25, 0.3) is 5.69 Å². The van der Waals surface area contributed by atoms with Crippen LogP contribution >= 0.6 is 0 Å². The highest BCUT2D eigenvalue weighted by molar-refractivity contribution is 5.91. The van der Waals surface area contributed by atoms with Crippen molar-refractivity contribution in [3.63, 3.8) is 0 Å². The molecule has 28 heavy (non-hydrogen) atoms. The van der Waals surface area contributed by atoms with Gasteiger partial charge in [-0.1, -0.05) is 0 Å². The maximum Gasteiger partial charge on any atom is 0.319 e. The van der Waals surface area contributed by atoms with E-state index in [9.17, 15) is 19.3 Å². The van der Waals surface area contributed by atoms with Gasteiger partial charge < -0.3 is 24.8 Å². The zero-order valence-electron chi connectivity index (χ0n) is 15.0. The number of hydrogen-bond donors (Lipinski definition) is 2. The summed E-state index contributed by atoms with van der Waals surface area (Å²) in [5.74, 6) is 0.442. The predicted octanol–water partition coefficient (Wildman–Crippen LogP) is 2.97. The van der Waals surface area contributed by atoms with Gasteiger partial charge in [-0.25, -0.2) is 9.18 Å². The number of rotatable bonds is 6. The molecule has 0 aliphatic carbocycles. The molecule has 0 unspecified atom stereocenters. The van der Waals surface area contributed by atoms with E-state index in [2.05, 4.69) is 10.6 Å². The standard InChI is InChI=1S/C18H18FN3O6/c1-26-16-3-2-14(22(24)25)8-15(16)21-18(23)20-5-4-11-6-13(19)7-12-9-27-10-28-17(11)12/h2-3,6-8H,4-5,9-10H2,1H3,(H2,20,21,23). The molecule has 1 aliphatic heterocycles. The number of methoxy groups -OCH3 is 1. The zero-order valence-corrected chi connectivity index (χ0v) is 15.0. The second-order valence-electron chi connectivity index (χ2n) is 5.94. The average molecular weight is 391 g/mol. The quantitative estimate of drug-likeness (QED) is 0.578. The van der Waals surface area contributed by atoms with Crippen molar-refractivity contribution in [3.05, 3.63) is 57.4 Å². The molecule has 0 saturated heterocycles. The smallest absolute Gasteiger partial charge is 0.319 e. The lowest BCUT2D eigenvalue weighted by Gasteiger charge is -2.21. The monoisotopic (exact) mass is 391 g/mol. The second-order valence-corrected chi connectivity index (χ2v) is 5.94. The summed E-state index contributed by atoms with van der Waals surface area (Å²) in [6.07, 6.45) is 0.333. The molecule has 1 aliphatic rings. The molecule has 2 amide bonds. The van der Waals surface area contributed by atoms with Crippen molar-refractivity contribution in [1.29, 1.82) is 0 Å². The third-order valence-corrected chi connectivity index (χ3v) is 4.07. The highest BCUT2D eigenvalue weighted by atomic mass is 19.1. The van der Waals surface area contributed by atoms with Gasteiger partial charge in [-0.2, -0.15) is 0 Å². The number of nitro groups is 1. The van der Waals surface area contributed by atoms with E-state index in [1.807, 2.05) is 0 Å². The van der Waals surface area contributed by atoms with E-state index >= 15 is 0 Å². The summed E-state index contributed by atoms with van der Waals surface area (Å²) >= 11 is 0. The number of carbonyl (C=O) groups excluding carboxylic acids is 1. The van der Waals surface area contributed by atoms with Crippen LogP contribution in [0.15, 0.2) is 30.3 Å². The Balaban J connectivity index is 1.62. The van der Waals surface area contributed by atoms with Crippen molar-refractivity contribution in [2.24, 2.45) is 0 Å². The summed E-state index contributed by atoms with van der Waals surface area (Å²) in [5.41, 5.74) is 1.22. The Bertz CT molecular complexity index is 905. The van der Waals surface area contributed by atoms with Crippen LogP contribution < -0.4 is 20.1 Å². The molecule has 3 rings (SSSR count). The molecule has 0 bridgehead atoms. The number of benzene rings is 2. The lowest BCUT2D eigenvalue weighted by atomic mass is 10.1. The molecule has 0 radical (unpaired) electrons. The average Bonchev–Trinajstić information content (AvgIpc) is 2.67. The first-order valence-electron chi connectivity index (χ1n) is 8.37.